The van der Waals surface area contributed by atoms with E-state index in [9.17, 15) is 9.65 Å². The Morgan fingerprint density at radius 3 is 2.79 bits per heavy atom. The first-order chi connectivity index (χ1) is 16.2. The minimum atomic E-state index is -0.396. The maximum absolute atomic E-state index is 14.6. The van der Waals surface area contributed by atoms with Gasteiger partial charge in [0.15, 0.2) is 0 Å². The minimum Gasteiger partial charge on any atom is -0.496 e. The molecule has 1 aliphatic rings. The molecule has 5 rings (SSSR count). The van der Waals surface area contributed by atoms with Crippen LogP contribution < -0.4 is 15.0 Å². The molecule has 0 radical (unpaired) electrons. The molecule has 1 aromatic carbocycles. The molecule has 0 amide bonds. The van der Waals surface area contributed by atoms with Crippen LogP contribution >= 0.6 is 0 Å². The van der Waals surface area contributed by atoms with E-state index in [1.54, 1.807) is 22.9 Å². The molecular formula is C24H22FN7O. The lowest BCUT2D eigenvalue weighted by Crippen LogP contribution is -2.37. The number of ether oxygens (including phenoxy) is 1. The summed E-state index contributed by atoms with van der Waals surface area (Å²) in [5.41, 5.74) is 2.48. The van der Waals surface area contributed by atoms with Crippen LogP contribution in [-0.4, -0.2) is 46.3 Å². The molecule has 4 aromatic rings. The summed E-state index contributed by atoms with van der Waals surface area (Å²) < 4.78 is 21.6. The first-order valence-corrected chi connectivity index (χ1v) is 10.7. The van der Waals surface area contributed by atoms with Gasteiger partial charge in [-0.1, -0.05) is 0 Å². The van der Waals surface area contributed by atoms with Crippen molar-refractivity contribution in [1.29, 1.82) is 5.26 Å². The second kappa shape index (κ2) is 8.74. The van der Waals surface area contributed by atoms with Gasteiger partial charge >= 0.3 is 0 Å². The molecule has 0 unspecified atom stereocenters. The van der Waals surface area contributed by atoms with Crippen LogP contribution in [0.15, 0.2) is 48.9 Å². The highest BCUT2D eigenvalue weighted by molar-refractivity contribution is 5.88. The van der Waals surface area contributed by atoms with Crippen LogP contribution in [0, 0.1) is 17.1 Å². The van der Waals surface area contributed by atoms with Gasteiger partial charge in [-0.05, 0) is 36.8 Å². The lowest BCUT2D eigenvalue weighted by atomic mass is 10.1. The fraction of sp³-hybridized carbons (Fsp3) is 0.250. The number of nitrogens with one attached hydrogen (secondary N) is 1. The third kappa shape index (κ3) is 3.91. The third-order valence-electron chi connectivity index (χ3n) is 5.83. The van der Waals surface area contributed by atoms with Crippen LogP contribution in [0.5, 0.6) is 5.75 Å². The zero-order valence-corrected chi connectivity index (χ0v) is 18.1. The summed E-state index contributed by atoms with van der Waals surface area (Å²) in [6, 6.07) is 12.5. The van der Waals surface area contributed by atoms with Crippen LogP contribution in [0.3, 0.4) is 0 Å². The molecule has 0 aliphatic carbocycles. The second-order valence-electron chi connectivity index (χ2n) is 7.76. The molecule has 166 valence electrons. The molecule has 1 saturated heterocycles. The van der Waals surface area contributed by atoms with Gasteiger partial charge in [0, 0.05) is 49.4 Å². The summed E-state index contributed by atoms with van der Waals surface area (Å²) in [7, 11) is 1.53. The standard InChI is InChI=1S/C24H22FN7O/c1-33-21-4-3-19(25)24-18(21)12-17(14-26)32(24)10-7-27-22-13-20(29-15-30-22)16-5-6-28-23(11-16)31-8-2-9-31/h3-6,11-13,15H,2,7-10H2,1H3,(H,27,29,30). The van der Waals surface area contributed by atoms with Crippen molar-refractivity contribution in [2.75, 3.05) is 37.0 Å². The summed E-state index contributed by atoms with van der Waals surface area (Å²) in [4.78, 5) is 15.4. The molecule has 0 saturated carbocycles. The normalized spacial score (nSPS) is 12.9. The van der Waals surface area contributed by atoms with Gasteiger partial charge in [-0.25, -0.2) is 19.3 Å². The Balaban J connectivity index is 1.34. The van der Waals surface area contributed by atoms with E-state index in [0.717, 1.165) is 30.2 Å². The van der Waals surface area contributed by atoms with Crippen molar-refractivity contribution in [3.05, 3.63) is 60.4 Å². The predicted molar refractivity (Wildman–Crippen MR) is 124 cm³/mol. The highest BCUT2D eigenvalue weighted by Gasteiger charge is 2.17. The predicted octanol–water partition coefficient (Wildman–Crippen LogP) is 3.83. The number of nitriles is 1. The number of hydrogen-bond donors (Lipinski definition) is 1. The topological polar surface area (TPSA) is 91.9 Å². The highest BCUT2D eigenvalue weighted by atomic mass is 19.1. The lowest BCUT2D eigenvalue weighted by Gasteiger charge is -2.32. The number of aromatic nitrogens is 4. The zero-order chi connectivity index (χ0) is 22.8. The van der Waals surface area contributed by atoms with E-state index in [2.05, 4.69) is 31.2 Å². The number of benzene rings is 1. The van der Waals surface area contributed by atoms with Crippen LogP contribution in [0.25, 0.3) is 22.2 Å². The molecular weight excluding hydrogens is 421 g/mol. The van der Waals surface area contributed by atoms with E-state index in [1.807, 2.05) is 18.2 Å². The fourth-order valence-corrected chi connectivity index (χ4v) is 4.02. The van der Waals surface area contributed by atoms with Gasteiger partial charge in [0.1, 0.15) is 41.3 Å². The first-order valence-electron chi connectivity index (χ1n) is 10.7. The van der Waals surface area contributed by atoms with E-state index in [-0.39, 0.29) is 0 Å². The summed E-state index contributed by atoms with van der Waals surface area (Å²) in [5, 5.41) is 13.4. The number of pyridine rings is 1. The number of nitrogens with zero attached hydrogens (tertiary/aromatic N) is 6. The summed E-state index contributed by atoms with van der Waals surface area (Å²) in [5.74, 6) is 1.74. The summed E-state index contributed by atoms with van der Waals surface area (Å²) >= 11 is 0. The number of anilines is 2. The summed E-state index contributed by atoms with van der Waals surface area (Å²) in [6.45, 7) is 2.88. The Bertz CT molecular complexity index is 1360. The Hall–Kier alpha value is -4.19. The second-order valence-corrected chi connectivity index (χ2v) is 7.76. The number of halogens is 1. The van der Waals surface area contributed by atoms with E-state index in [4.69, 9.17) is 4.74 Å². The Kier molecular flexibility index (Phi) is 5.48. The summed E-state index contributed by atoms with van der Waals surface area (Å²) in [6.07, 6.45) is 4.49. The maximum Gasteiger partial charge on any atom is 0.147 e. The van der Waals surface area contributed by atoms with Gasteiger partial charge in [-0.15, -0.1) is 0 Å². The molecule has 9 heteroatoms. The van der Waals surface area contributed by atoms with Crippen molar-refractivity contribution in [2.45, 2.75) is 13.0 Å². The first kappa shape index (κ1) is 20.7. The number of methoxy groups -OCH3 is 1. The molecule has 1 N–H and O–H groups in total. The average Bonchev–Trinajstić information content (AvgIpc) is 3.18. The SMILES string of the molecule is COc1ccc(F)c2c1cc(C#N)n2CCNc1cc(-c2ccnc(N3CCC3)c2)ncn1. The molecule has 4 heterocycles. The van der Waals surface area contributed by atoms with E-state index in [0.29, 0.717) is 41.3 Å². The van der Waals surface area contributed by atoms with Crippen molar-refractivity contribution in [3.63, 3.8) is 0 Å². The number of hydrogen-bond acceptors (Lipinski definition) is 7. The van der Waals surface area contributed by atoms with Gasteiger partial charge in [0.05, 0.1) is 18.3 Å². The van der Waals surface area contributed by atoms with Crippen molar-refractivity contribution in [2.24, 2.45) is 0 Å². The molecule has 0 spiro atoms. The number of fused-ring (bicyclic) bond motifs is 1. The van der Waals surface area contributed by atoms with Crippen LogP contribution in [0.1, 0.15) is 12.1 Å². The smallest absolute Gasteiger partial charge is 0.147 e. The van der Waals surface area contributed by atoms with Crippen LogP contribution in [-0.2, 0) is 6.54 Å². The molecule has 0 bridgehead atoms. The Morgan fingerprint density at radius 1 is 1.15 bits per heavy atom. The number of rotatable bonds is 7. The van der Waals surface area contributed by atoms with E-state index >= 15 is 0 Å². The van der Waals surface area contributed by atoms with Crippen molar-refractivity contribution in [3.8, 4) is 23.1 Å². The van der Waals surface area contributed by atoms with Crippen LogP contribution in [0.4, 0.5) is 16.0 Å². The minimum absolute atomic E-state index is 0.353. The van der Waals surface area contributed by atoms with Crippen molar-refractivity contribution in [1.82, 2.24) is 19.5 Å². The monoisotopic (exact) mass is 443 g/mol. The molecule has 33 heavy (non-hydrogen) atoms. The molecule has 3 aromatic heterocycles. The lowest BCUT2D eigenvalue weighted by molar-refractivity contribution is 0.419. The van der Waals surface area contributed by atoms with Gasteiger partial charge in [0.2, 0.25) is 0 Å². The largest absolute Gasteiger partial charge is 0.496 e. The molecule has 1 fully saturated rings. The third-order valence-corrected chi connectivity index (χ3v) is 5.83. The van der Waals surface area contributed by atoms with Gasteiger partial charge in [-0.3, -0.25) is 0 Å². The molecule has 0 atom stereocenters. The molecule has 1 aliphatic heterocycles. The average molecular weight is 443 g/mol. The highest BCUT2D eigenvalue weighted by Crippen LogP contribution is 2.31. The quantitative estimate of drug-likeness (QED) is 0.464. The Labute approximate surface area is 190 Å². The van der Waals surface area contributed by atoms with Gasteiger partial charge in [0.25, 0.3) is 0 Å². The van der Waals surface area contributed by atoms with Gasteiger partial charge < -0.3 is 19.5 Å². The zero-order valence-electron chi connectivity index (χ0n) is 18.1. The van der Waals surface area contributed by atoms with E-state index in [1.165, 1.54) is 25.9 Å². The van der Waals surface area contributed by atoms with Crippen molar-refractivity contribution >= 4 is 22.5 Å². The fourth-order valence-electron chi connectivity index (χ4n) is 4.02. The molecule has 8 nitrogen and oxygen atoms in total. The van der Waals surface area contributed by atoms with Crippen LogP contribution in [0.2, 0.25) is 0 Å². The maximum atomic E-state index is 14.6. The van der Waals surface area contributed by atoms with Gasteiger partial charge in [-0.2, -0.15) is 5.26 Å². The van der Waals surface area contributed by atoms with Crippen molar-refractivity contribution < 1.29 is 9.13 Å². The van der Waals surface area contributed by atoms with E-state index < -0.39 is 5.82 Å². The Morgan fingerprint density at radius 2 is 2.03 bits per heavy atom.